The summed E-state index contributed by atoms with van der Waals surface area (Å²) in [4.78, 5) is 4.99. The molecule has 1 atom stereocenters. The van der Waals surface area contributed by atoms with Gasteiger partial charge in [-0.15, -0.1) is 0 Å². The van der Waals surface area contributed by atoms with E-state index >= 15 is 0 Å². The molecule has 130 valence electrons. The van der Waals surface area contributed by atoms with Crippen molar-refractivity contribution in [2.45, 2.75) is 45.7 Å². The van der Waals surface area contributed by atoms with Gasteiger partial charge in [0, 0.05) is 18.3 Å². The van der Waals surface area contributed by atoms with Crippen molar-refractivity contribution in [3.8, 4) is 5.69 Å². The van der Waals surface area contributed by atoms with Crippen molar-refractivity contribution in [3.63, 3.8) is 0 Å². The van der Waals surface area contributed by atoms with Gasteiger partial charge in [-0.3, -0.25) is 4.90 Å². The van der Waals surface area contributed by atoms with Gasteiger partial charge in [0.25, 0.3) is 0 Å². The highest BCUT2D eigenvalue weighted by Crippen LogP contribution is 2.21. The van der Waals surface area contributed by atoms with Gasteiger partial charge in [-0.1, -0.05) is 18.2 Å². The van der Waals surface area contributed by atoms with Gasteiger partial charge in [0.05, 0.1) is 11.4 Å². The first-order valence-electron chi connectivity index (χ1n) is 9.05. The Morgan fingerprint density at radius 3 is 2.62 bits per heavy atom. The molecule has 0 amide bonds. The smallest absolute Gasteiger partial charge is 0.0693 e. The first-order chi connectivity index (χ1) is 11.5. The highest BCUT2D eigenvalue weighted by molar-refractivity contribution is 5.41. The molecule has 3 rings (SSSR count). The zero-order valence-electron chi connectivity index (χ0n) is 15.5. The summed E-state index contributed by atoms with van der Waals surface area (Å²) in [5.74, 6) is 0. The Labute approximate surface area is 146 Å². The van der Waals surface area contributed by atoms with Crippen molar-refractivity contribution < 1.29 is 0 Å². The number of hydrogen-bond acceptors (Lipinski definition) is 3. The predicted molar refractivity (Wildman–Crippen MR) is 99.6 cm³/mol. The van der Waals surface area contributed by atoms with Crippen LogP contribution in [0.15, 0.2) is 30.3 Å². The van der Waals surface area contributed by atoms with Gasteiger partial charge in [-0.05, 0) is 78.0 Å². The third kappa shape index (κ3) is 3.87. The van der Waals surface area contributed by atoms with Crippen LogP contribution in [0.5, 0.6) is 0 Å². The highest BCUT2D eigenvalue weighted by Gasteiger charge is 2.19. The van der Waals surface area contributed by atoms with Crippen molar-refractivity contribution in [2.75, 3.05) is 27.2 Å². The minimum atomic E-state index is 0.723. The second-order valence-electron chi connectivity index (χ2n) is 7.29. The fourth-order valence-corrected chi connectivity index (χ4v) is 3.78. The van der Waals surface area contributed by atoms with Crippen molar-refractivity contribution in [3.05, 3.63) is 47.3 Å². The van der Waals surface area contributed by atoms with Crippen LogP contribution >= 0.6 is 0 Å². The lowest BCUT2D eigenvalue weighted by molar-refractivity contribution is 0.245. The van der Waals surface area contributed by atoms with Crippen LogP contribution in [0.25, 0.3) is 5.69 Å². The molecular weight excluding hydrogens is 296 g/mol. The van der Waals surface area contributed by atoms with Gasteiger partial charge < -0.3 is 4.90 Å². The first kappa shape index (κ1) is 17.2. The molecule has 1 fully saturated rings. The number of rotatable bonds is 4. The van der Waals surface area contributed by atoms with Crippen molar-refractivity contribution in [1.29, 1.82) is 0 Å². The molecule has 0 aliphatic carbocycles. The van der Waals surface area contributed by atoms with E-state index in [0.717, 1.165) is 18.3 Å². The third-order valence-electron chi connectivity index (χ3n) is 5.14. The molecule has 1 aromatic carbocycles. The van der Waals surface area contributed by atoms with E-state index in [4.69, 9.17) is 0 Å². The molecule has 0 radical (unpaired) electrons. The molecule has 1 saturated heterocycles. The lowest BCUT2D eigenvalue weighted by Gasteiger charge is -2.24. The van der Waals surface area contributed by atoms with Gasteiger partial charge in [0.1, 0.15) is 0 Å². The minimum absolute atomic E-state index is 0.723. The molecule has 0 bridgehead atoms. The summed E-state index contributed by atoms with van der Waals surface area (Å²) in [5.41, 5.74) is 4.86. The Balaban J connectivity index is 1.77. The fourth-order valence-electron chi connectivity index (χ4n) is 3.78. The SMILES string of the molecule is Cc1cc(C)n(-c2ccccc2CN2CCC[C@@H](N(C)C)CC2)n1. The molecule has 0 N–H and O–H groups in total. The van der Waals surface area contributed by atoms with Crippen LogP contribution in [-0.4, -0.2) is 52.8 Å². The summed E-state index contributed by atoms with van der Waals surface area (Å²) < 4.78 is 2.09. The Morgan fingerprint density at radius 2 is 1.92 bits per heavy atom. The largest absolute Gasteiger partial charge is 0.306 e. The number of aryl methyl sites for hydroxylation is 2. The molecule has 0 saturated carbocycles. The Bertz CT molecular complexity index is 674. The Kier molecular flexibility index (Phi) is 5.36. The molecule has 2 aromatic rings. The lowest BCUT2D eigenvalue weighted by atomic mass is 10.1. The van der Waals surface area contributed by atoms with E-state index < -0.39 is 0 Å². The average Bonchev–Trinajstić information content (AvgIpc) is 2.74. The maximum atomic E-state index is 4.68. The Hall–Kier alpha value is -1.65. The number of likely N-dealkylation sites (tertiary alicyclic amines) is 1. The van der Waals surface area contributed by atoms with E-state index in [-0.39, 0.29) is 0 Å². The second-order valence-corrected chi connectivity index (χ2v) is 7.29. The molecule has 24 heavy (non-hydrogen) atoms. The van der Waals surface area contributed by atoms with Crippen molar-refractivity contribution >= 4 is 0 Å². The van der Waals surface area contributed by atoms with Crippen LogP contribution in [0.1, 0.15) is 36.2 Å². The van der Waals surface area contributed by atoms with Gasteiger partial charge in [-0.2, -0.15) is 5.10 Å². The van der Waals surface area contributed by atoms with E-state index in [1.807, 2.05) is 0 Å². The number of aromatic nitrogens is 2. The van der Waals surface area contributed by atoms with Crippen molar-refractivity contribution in [2.24, 2.45) is 0 Å². The zero-order chi connectivity index (χ0) is 17.1. The molecule has 0 spiro atoms. The molecule has 1 aliphatic rings. The molecule has 1 aliphatic heterocycles. The number of para-hydroxylation sites is 1. The summed E-state index contributed by atoms with van der Waals surface area (Å²) in [6.07, 6.45) is 3.85. The second kappa shape index (κ2) is 7.49. The van der Waals surface area contributed by atoms with E-state index in [2.05, 4.69) is 77.9 Å². The lowest BCUT2D eigenvalue weighted by Crippen LogP contribution is -2.30. The molecule has 1 aromatic heterocycles. The van der Waals surface area contributed by atoms with Gasteiger partial charge in [0.15, 0.2) is 0 Å². The molecule has 0 unspecified atom stereocenters. The minimum Gasteiger partial charge on any atom is -0.306 e. The summed E-state index contributed by atoms with van der Waals surface area (Å²) in [6, 6.07) is 11.6. The van der Waals surface area contributed by atoms with Crippen molar-refractivity contribution in [1.82, 2.24) is 19.6 Å². The Morgan fingerprint density at radius 1 is 1.12 bits per heavy atom. The predicted octanol–water partition coefficient (Wildman–Crippen LogP) is 3.41. The van der Waals surface area contributed by atoms with Crippen LogP contribution in [0, 0.1) is 13.8 Å². The summed E-state index contributed by atoms with van der Waals surface area (Å²) in [7, 11) is 4.41. The average molecular weight is 326 g/mol. The molecule has 2 heterocycles. The van der Waals surface area contributed by atoms with Crippen LogP contribution in [0.3, 0.4) is 0 Å². The number of hydrogen-bond donors (Lipinski definition) is 0. The van der Waals surface area contributed by atoms with Crippen LogP contribution < -0.4 is 0 Å². The quantitative estimate of drug-likeness (QED) is 0.860. The maximum Gasteiger partial charge on any atom is 0.0693 e. The normalized spacial score (nSPS) is 19.6. The summed E-state index contributed by atoms with van der Waals surface area (Å²) in [6.45, 7) is 7.56. The van der Waals surface area contributed by atoms with Gasteiger partial charge in [0.2, 0.25) is 0 Å². The van der Waals surface area contributed by atoms with Gasteiger partial charge >= 0.3 is 0 Å². The van der Waals surface area contributed by atoms with Crippen LogP contribution in [-0.2, 0) is 6.54 Å². The highest BCUT2D eigenvalue weighted by atomic mass is 15.3. The molecule has 4 heteroatoms. The van der Waals surface area contributed by atoms with E-state index in [0.29, 0.717) is 0 Å². The monoisotopic (exact) mass is 326 g/mol. The standard InChI is InChI=1S/C20H30N4/c1-16-14-17(2)24(21-16)20-10-6-5-8-18(20)15-23-12-7-9-19(11-13-23)22(3)4/h5-6,8,10,14,19H,7,9,11-13,15H2,1-4H3/t19-/m1/s1. The maximum absolute atomic E-state index is 4.68. The summed E-state index contributed by atoms with van der Waals surface area (Å²) in [5, 5.41) is 4.68. The van der Waals surface area contributed by atoms with Crippen LogP contribution in [0.2, 0.25) is 0 Å². The number of benzene rings is 1. The number of nitrogens with zero attached hydrogens (tertiary/aromatic N) is 4. The van der Waals surface area contributed by atoms with E-state index in [1.54, 1.807) is 0 Å². The third-order valence-corrected chi connectivity index (χ3v) is 5.14. The molecular formula is C20H30N4. The first-order valence-corrected chi connectivity index (χ1v) is 9.05. The summed E-state index contributed by atoms with van der Waals surface area (Å²) >= 11 is 0. The van der Waals surface area contributed by atoms with Crippen LogP contribution in [0.4, 0.5) is 0 Å². The zero-order valence-corrected chi connectivity index (χ0v) is 15.5. The van der Waals surface area contributed by atoms with E-state index in [1.165, 1.54) is 49.3 Å². The fraction of sp³-hybridized carbons (Fsp3) is 0.550. The van der Waals surface area contributed by atoms with E-state index in [9.17, 15) is 0 Å². The molecule has 4 nitrogen and oxygen atoms in total. The van der Waals surface area contributed by atoms with Gasteiger partial charge in [-0.25, -0.2) is 4.68 Å². The topological polar surface area (TPSA) is 24.3 Å².